The molecule has 0 N–H and O–H groups in total. The Bertz CT molecular complexity index is 438. The zero-order valence-electron chi connectivity index (χ0n) is 11.0. The van der Waals surface area contributed by atoms with E-state index in [0.717, 1.165) is 13.1 Å². The van der Waals surface area contributed by atoms with Crippen LogP contribution in [0.1, 0.15) is 25.7 Å². The van der Waals surface area contributed by atoms with Crippen LogP contribution < -0.4 is 4.74 Å². The monoisotopic (exact) mass is 262 g/mol. The van der Waals surface area contributed by atoms with Crippen molar-refractivity contribution >= 4 is 0 Å². The van der Waals surface area contributed by atoms with E-state index in [0.29, 0.717) is 13.0 Å². The van der Waals surface area contributed by atoms with Crippen LogP contribution in [0.25, 0.3) is 0 Å². The number of rotatable bonds is 5. The molecule has 0 aromatic heterocycles. The number of hydrogen-bond donors (Lipinski definition) is 0. The number of ether oxygens (including phenoxy) is 1. The summed E-state index contributed by atoms with van der Waals surface area (Å²) in [4.78, 5) is 2.29. The lowest BCUT2D eigenvalue weighted by molar-refractivity contribution is 0.114. The van der Waals surface area contributed by atoms with Gasteiger partial charge in [0, 0.05) is 0 Å². The van der Waals surface area contributed by atoms with Crippen LogP contribution in [0.15, 0.2) is 24.3 Å². The molecule has 1 unspecified atom stereocenters. The molecule has 1 aliphatic heterocycles. The Hall–Kier alpha value is -1.60. The molecule has 4 heteroatoms. The van der Waals surface area contributed by atoms with Crippen molar-refractivity contribution in [2.45, 2.75) is 31.7 Å². The molecule has 19 heavy (non-hydrogen) atoms. The van der Waals surface area contributed by atoms with Crippen LogP contribution in [-0.4, -0.2) is 30.6 Å². The number of piperidine rings is 1. The standard InChI is InChI=1S/C15H19FN2O/c16-14-6-2-3-7-15(14)19-12-13(8-9-17)18-10-4-1-5-11-18/h2-3,6-7,13H,1,4-5,8,10-12H2. The molecule has 1 aromatic rings. The van der Waals surface area contributed by atoms with Gasteiger partial charge in [-0.2, -0.15) is 5.26 Å². The van der Waals surface area contributed by atoms with E-state index in [2.05, 4.69) is 11.0 Å². The van der Waals surface area contributed by atoms with Crippen LogP contribution in [0, 0.1) is 17.1 Å². The van der Waals surface area contributed by atoms with E-state index in [4.69, 9.17) is 10.00 Å². The number of hydrogen-bond acceptors (Lipinski definition) is 3. The zero-order chi connectivity index (χ0) is 13.5. The topological polar surface area (TPSA) is 36.3 Å². The summed E-state index contributed by atoms with van der Waals surface area (Å²) in [6.07, 6.45) is 4.02. The molecule has 1 heterocycles. The molecule has 0 saturated carbocycles. The van der Waals surface area contributed by atoms with Crippen molar-refractivity contribution in [3.8, 4) is 11.8 Å². The third kappa shape index (κ3) is 3.93. The lowest BCUT2D eigenvalue weighted by atomic mass is 10.1. The zero-order valence-corrected chi connectivity index (χ0v) is 11.0. The maximum absolute atomic E-state index is 13.5. The van der Waals surface area contributed by atoms with Crippen molar-refractivity contribution in [3.63, 3.8) is 0 Å². The number of nitriles is 1. The first-order valence-electron chi connectivity index (χ1n) is 6.79. The maximum Gasteiger partial charge on any atom is 0.165 e. The smallest absolute Gasteiger partial charge is 0.165 e. The summed E-state index contributed by atoms with van der Waals surface area (Å²) in [6.45, 7) is 2.38. The minimum atomic E-state index is -0.350. The second-order valence-electron chi connectivity index (χ2n) is 4.85. The van der Waals surface area contributed by atoms with Crippen molar-refractivity contribution in [2.75, 3.05) is 19.7 Å². The highest BCUT2D eigenvalue weighted by Gasteiger charge is 2.21. The Morgan fingerprint density at radius 2 is 2.00 bits per heavy atom. The van der Waals surface area contributed by atoms with E-state index in [-0.39, 0.29) is 17.6 Å². The van der Waals surface area contributed by atoms with Crippen molar-refractivity contribution in [2.24, 2.45) is 0 Å². The quantitative estimate of drug-likeness (QED) is 0.818. The molecule has 2 rings (SSSR count). The van der Waals surface area contributed by atoms with Crippen LogP contribution in [-0.2, 0) is 0 Å². The SMILES string of the molecule is N#CCC(COc1ccccc1F)N1CCCCC1. The van der Waals surface area contributed by atoms with E-state index in [1.807, 2.05) is 0 Å². The second-order valence-corrected chi connectivity index (χ2v) is 4.85. The van der Waals surface area contributed by atoms with E-state index in [9.17, 15) is 4.39 Å². The van der Waals surface area contributed by atoms with Crippen LogP contribution in [0.2, 0.25) is 0 Å². The number of likely N-dealkylation sites (tertiary alicyclic amines) is 1. The average Bonchev–Trinajstić information content (AvgIpc) is 2.46. The molecule has 0 bridgehead atoms. The summed E-state index contributed by atoms with van der Waals surface area (Å²) in [6, 6.07) is 8.65. The fourth-order valence-corrected chi connectivity index (χ4v) is 2.43. The van der Waals surface area contributed by atoms with Crippen molar-refractivity contribution in [1.29, 1.82) is 5.26 Å². The molecular formula is C15H19FN2O. The van der Waals surface area contributed by atoms with E-state index < -0.39 is 0 Å². The van der Waals surface area contributed by atoms with Crippen LogP contribution >= 0.6 is 0 Å². The lowest BCUT2D eigenvalue weighted by Gasteiger charge is -2.33. The summed E-state index contributed by atoms with van der Waals surface area (Å²) >= 11 is 0. The molecule has 3 nitrogen and oxygen atoms in total. The van der Waals surface area contributed by atoms with Gasteiger partial charge in [0.05, 0.1) is 18.5 Å². The van der Waals surface area contributed by atoms with Gasteiger partial charge >= 0.3 is 0 Å². The first-order valence-corrected chi connectivity index (χ1v) is 6.79. The van der Waals surface area contributed by atoms with Gasteiger partial charge in [0.15, 0.2) is 11.6 Å². The van der Waals surface area contributed by atoms with Gasteiger partial charge in [-0.05, 0) is 38.1 Å². The van der Waals surface area contributed by atoms with Gasteiger partial charge in [-0.15, -0.1) is 0 Å². The molecule has 1 aromatic carbocycles. The molecule has 1 saturated heterocycles. The van der Waals surface area contributed by atoms with Crippen LogP contribution in [0.4, 0.5) is 4.39 Å². The highest BCUT2D eigenvalue weighted by Crippen LogP contribution is 2.18. The first-order chi connectivity index (χ1) is 9.31. The predicted octanol–water partition coefficient (Wildman–Crippen LogP) is 2.97. The Morgan fingerprint density at radius 1 is 1.26 bits per heavy atom. The Balaban J connectivity index is 1.93. The molecule has 1 fully saturated rings. The number of halogens is 1. The fraction of sp³-hybridized carbons (Fsp3) is 0.533. The average molecular weight is 262 g/mol. The second kappa shape index (κ2) is 7.10. The number of benzene rings is 1. The molecule has 0 radical (unpaired) electrons. The Morgan fingerprint density at radius 3 is 2.68 bits per heavy atom. The maximum atomic E-state index is 13.5. The minimum Gasteiger partial charge on any atom is -0.489 e. The van der Waals surface area contributed by atoms with Gasteiger partial charge in [0.2, 0.25) is 0 Å². The summed E-state index contributed by atoms with van der Waals surface area (Å²) in [5.41, 5.74) is 0. The van der Waals surface area contributed by atoms with Gasteiger partial charge in [0.25, 0.3) is 0 Å². The van der Waals surface area contributed by atoms with Crippen molar-refractivity contribution in [1.82, 2.24) is 4.90 Å². The van der Waals surface area contributed by atoms with Crippen molar-refractivity contribution < 1.29 is 9.13 Å². The number of para-hydroxylation sites is 1. The summed E-state index contributed by atoms with van der Waals surface area (Å²) in [5.74, 6) is -0.0840. The molecule has 1 atom stereocenters. The minimum absolute atomic E-state index is 0.0601. The molecule has 0 aliphatic carbocycles. The molecule has 0 amide bonds. The third-order valence-electron chi connectivity index (χ3n) is 3.50. The Kier molecular flexibility index (Phi) is 5.17. The van der Waals surface area contributed by atoms with E-state index >= 15 is 0 Å². The third-order valence-corrected chi connectivity index (χ3v) is 3.50. The summed E-state index contributed by atoms with van der Waals surface area (Å²) in [5, 5.41) is 8.91. The predicted molar refractivity (Wildman–Crippen MR) is 71.3 cm³/mol. The van der Waals surface area contributed by atoms with Gasteiger partial charge < -0.3 is 4.74 Å². The molecular weight excluding hydrogens is 243 g/mol. The van der Waals surface area contributed by atoms with Gasteiger partial charge in [-0.1, -0.05) is 18.6 Å². The summed E-state index contributed by atoms with van der Waals surface area (Å²) < 4.78 is 19.0. The van der Waals surface area contributed by atoms with Crippen LogP contribution in [0.3, 0.4) is 0 Å². The van der Waals surface area contributed by atoms with Gasteiger partial charge in [-0.3, -0.25) is 4.90 Å². The number of nitrogens with zero attached hydrogens (tertiary/aromatic N) is 2. The van der Waals surface area contributed by atoms with E-state index in [1.165, 1.54) is 25.3 Å². The lowest BCUT2D eigenvalue weighted by Crippen LogP contribution is -2.42. The van der Waals surface area contributed by atoms with Gasteiger partial charge in [0.1, 0.15) is 6.61 Å². The molecule has 102 valence electrons. The van der Waals surface area contributed by atoms with Crippen LogP contribution in [0.5, 0.6) is 5.75 Å². The fourth-order valence-electron chi connectivity index (χ4n) is 2.43. The molecule has 0 spiro atoms. The van der Waals surface area contributed by atoms with Gasteiger partial charge in [-0.25, -0.2) is 4.39 Å². The van der Waals surface area contributed by atoms with Crippen molar-refractivity contribution in [3.05, 3.63) is 30.1 Å². The highest BCUT2D eigenvalue weighted by atomic mass is 19.1. The largest absolute Gasteiger partial charge is 0.489 e. The normalized spacial score (nSPS) is 17.7. The highest BCUT2D eigenvalue weighted by molar-refractivity contribution is 5.23. The first kappa shape index (κ1) is 13.8. The van der Waals surface area contributed by atoms with E-state index in [1.54, 1.807) is 18.2 Å². The Labute approximate surface area is 113 Å². The molecule has 1 aliphatic rings. The summed E-state index contributed by atoms with van der Waals surface area (Å²) in [7, 11) is 0.